The zero-order valence-corrected chi connectivity index (χ0v) is 13.0. The molecule has 114 valence electrons. The predicted octanol–water partition coefficient (Wildman–Crippen LogP) is 0.332. The molecule has 0 saturated heterocycles. The van der Waals surface area contributed by atoms with Crippen LogP contribution in [0.4, 0.5) is 0 Å². The lowest BCUT2D eigenvalue weighted by atomic mass is 10.1. The van der Waals surface area contributed by atoms with Crippen LogP contribution in [-0.2, 0) is 10.2 Å². The van der Waals surface area contributed by atoms with E-state index < -0.39 is 22.0 Å². The fraction of sp³-hybridized carbons (Fsp3) is 0.333. The number of nitrogens with zero attached hydrogens (tertiary/aromatic N) is 2. The van der Waals surface area contributed by atoms with Crippen LogP contribution in [0.1, 0.15) is 20.7 Å². The molecule has 0 atom stereocenters. The number of amides is 2. The van der Waals surface area contributed by atoms with E-state index in [1.807, 2.05) is 0 Å². The van der Waals surface area contributed by atoms with Crippen LogP contribution in [0, 0.1) is 0 Å². The van der Waals surface area contributed by atoms with E-state index >= 15 is 0 Å². The Hall–Kier alpha value is -1.48. The van der Waals surface area contributed by atoms with Gasteiger partial charge in [0.25, 0.3) is 22.0 Å². The number of hydrogen-bond acceptors (Lipinski definition) is 4. The molecule has 0 bridgehead atoms. The highest BCUT2D eigenvalue weighted by Crippen LogP contribution is 2.25. The number of halogens is 1. The third-order valence-electron chi connectivity index (χ3n) is 3.03. The Bertz CT molecular complexity index is 702. The van der Waals surface area contributed by atoms with Gasteiger partial charge < -0.3 is 0 Å². The van der Waals surface area contributed by atoms with Crippen LogP contribution < -0.4 is 4.72 Å². The third-order valence-corrected chi connectivity index (χ3v) is 4.80. The van der Waals surface area contributed by atoms with Crippen molar-refractivity contribution in [3.63, 3.8) is 0 Å². The summed E-state index contributed by atoms with van der Waals surface area (Å²) in [5.74, 6) is -0.919. The van der Waals surface area contributed by atoms with Gasteiger partial charge in [-0.1, -0.05) is 11.6 Å². The lowest BCUT2D eigenvalue weighted by molar-refractivity contribution is 0.0657. The first-order chi connectivity index (χ1) is 9.74. The van der Waals surface area contributed by atoms with E-state index in [2.05, 4.69) is 4.72 Å². The number of carbonyl (C=O) groups excluding carboxylic acids is 2. The van der Waals surface area contributed by atoms with Crippen molar-refractivity contribution >= 4 is 33.6 Å². The third kappa shape index (κ3) is 3.08. The van der Waals surface area contributed by atoms with Crippen LogP contribution in [0.5, 0.6) is 0 Å². The molecule has 1 aliphatic heterocycles. The first-order valence-electron chi connectivity index (χ1n) is 6.07. The highest BCUT2D eigenvalue weighted by atomic mass is 35.5. The molecule has 1 aliphatic rings. The molecular weight excluding hydrogens is 318 g/mol. The molecule has 1 N–H and O–H groups in total. The Morgan fingerprint density at radius 2 is 1.81 bits per heavy atom. The number of nitrogens with one attached hydrogen (secondary N) is 1. The van der Waals surface area contributed by atoms with Gasteiger partial charge >= 0.3 is 0 Å². The van der Waals surface area contributed by atoms with Crippen LogP contribution in [0.3, 0.4) is 0 Å². The van der Waals surface area contributed by atoms with E-state index in [9.17, 15) is 18.0 Å². The Morgan fingerprint density at radius 3 is 2.43 bits per heavy atom. The lowest BCUT2D eigenvalue weighted by Gasteiger charge is -2.16. The van der Waals surface area contributed by atoms with Crippen molar-refractivity contribution in [3.8, 4) is 0 Å². The summed E-state index contributed by atoms with van der Waals surface area (Å²) in [7, 11) is -0.823. The lowest BCUT2D eigenvalue weighted by Crippen LogP contribution is -2.41. The molecule has 1 aromatic carbocycles. The van der Waals surface area contributed by atoms with E-state index in [0.29, 0.717) is 5.02 Å². The van der Waals surface area contributed by atoms with Gasteiger partial charge in [-0.2, -0.15) is 12.7 Å². The molecule has 0 fully saturated rings. The fourth-order valence-corrected chi connectivity index (χ4v) is 2.66. The topological polar surface area (TPSA) is 86.8 Å². The molecule has 7 nitrogen and oxygen atoms in total. The minimum absolute atomic E-state index is 0.0446. The summed E-state index contributed by atoms with van der Waals surface area (Å²) in [5.41, 5.74) is 0.517. The zero-order chi connectivity index (χ0) is 15.8. The molecule has 0 aromatic heterocycles. The van der Waals surface area contributed by atoms with E-state index in [0.717, 1.165) is 9.21 Å². The maximum atomic E-state index is 12.1. The van der Waals surface area contributed by atoms with E-state index in [1.54, 1.807) is 0 Å². The summed E-state index contributed by atoms with van der Waals surface area (Å²) in [5, 5.41) is 0.366. The van der Waals surface area contributed by atoms with Gasteiger partial charge in [0.1, 0.15) is 0 Å². The molecule has 0 saturated carbocycles. The molecule has 1 heterocycles. The standard InChI is InChI=1S/C12H14ClN3O4S/c1-15(2)21(19,20)14-5-6-16-11(17)9-4-3-8(13)7-10(9)12(16)18/h3-4,7,14H,5-6H2,1-2H3. The normalized spacial score (nSPS) is 15.0. The second-order valence-corrected chi connectivity index (χ2v) is 7.04. The number of hydrogen-bond donors (Lipinski definition) is 1. The van der Waals surface area contributed by atoms with Crippen molar-refractivity contribution in [3.05, 3.63) is 34.3 Å². The largest absolute Gasteiger partial charge is 0.278 e. The van der Waals surface area contributed by atoms with Gasteiger partial charge in [0.15, 0.2) is 0 Å². The summed E-state index contributed by atoms with van der Waals surface area (Å²) in [6.07, 6.45) is 0. The molecule has 21 heavy (non-hydrogen) atoms. The molecule has 0 aliphatic carbocycles. The maximum absolute atomic E-state index is 12.1. The second kappa shape index (κ2) is 5.72. The van der Waals surface area contributed by atoms with Gasteiger partial charge in [-0.3, -0.25) is 14.5 Å². The fourth-order valence-electron chi connectivity index (χ4n) is 1.88. The molecule has 9 heteroatoms. The van der Waals surface area contributed by atoms with Gasteiger partial charge in [0.2, 0.25) is 0 Å². The average molecular weight is 332 g/mol. The molecular formula is C12H14ClN3O4S. The van der Waals surface area contributed by atoms with Gasteiger partial charge in [-0.05, 0) is 18.2 Å². The van der Waals surface area contributed by atoms with Crippen molar-refractivity contribution in [2.24, 2.45) is 0 Å². The second-order valence-electron chi connectivity index (χ2n) is 4.63. The number of imide groups is 1. The summed E-state index contributed by atoms with van der Waals surface area (Å²) in [6, 6.07) is 4.45. The summed E-state index contributed by atoms with van der Waals surface area (Å²) >= 11 is 5.80. The van der Waals surface area contributed by atoms with Crippen LogP contribution in [0.25, 0.3) is 0 Å². The van der Waals surface area contributed by atoms with Gasteiger partial charge in [0.05, 0.1) is 11.1 Å². The molecule has 2 rings (SSSR count). The van der Waals surface area contributed by atoms with Crippen molar-refractivity contribution in [1.82, 2.24) is 13.9 Å². The summed E-state index contributed by atoms with van der Waals surface area (Å²) in [6.45, 7) is -0.100. The van der Waals surface area contributed by atoms with Crippen LogP contribution in [0.15, 0.2) is 18.2 Å². The van der Waals surface area contributed by atoms with E-state index in [-0.39, 0.29) is 24.2 Å². The number of rotatable bonds is 5. The Labute approximate surface area is 127 Å². The number of benzene rings is 1. The van der Waals surface area contributed by atoms with Crippen molar-refractivity contribution in [2.45, 2.75) is 0 Å². The first kappa shape index (κ1) is 15.9. The predicted molar refractivity (Wildman–Crippen MR) is 77.4 cm³/mol. The molecule has 0 unspecified atom stereocenters. The van der Waals surface area contributed by atoms with Gasteiger partial charge in [-0.15, -0.1) is 0 Å². The van der Waals surface area contributed by atoms with Gasteiger partial charge in [0, 0.05) is 32.2 Å². The van der Waals surface area contributed by atoms with Crippen molar-refractivity contribution < 1.29 is 18.0 Å². The van der Waals surface area contributed by atoms with Crippen LogP contribution in [0.2, 0.25) is 5.02 Å². The highest BCUT2D eigenvalue weighted by molar-refractivity contribution is 7.87. The van der Waals surface area contributed by atoms with Crippen molar-refractivity contribution in [2.75, 3.05) is 27.2 Å². The summed E-state index contributed by atoms with van der Waals surface area (Å²) in [4.78, 5) is 25.2. The minimum Gasteiger partial charge on any atom is -0.273 e. The number of carbonyl (C=O) groups is 2. The van der Waals surface area contributed by atoms with Gasteiger partial charge in [-0.25, -0.2) is 4.72 Å². The Morgan fingerprint density at radius 1 is 1.19 bits per heavy atom. The minimum atomic E-state index is -3.59. The Balaban J connectivity index is 2.07. The average Bonchev–Trinajstić information content (AvgIpc) is 2.63. The maximum Gasteiger partial charge on any atom is 0.278 e. The SMILES string of the molecule is CN(C)S(=O)(=O)NCCN1C(=O)c2ccc(Cl)cc2C1=O. The smallest absolute Gasteiger partial charge is 0.273 e. The highest BCUT2D eigenvalue weighted by Gasteiger charge is 2.35. The molecule has 0 radical (unpaired) electrons. The summed E-state index contributed by atoms with van der Waals surface area (Å²) < 4.78 is 26.4. The Kier molecular flexibility index (Phi) is 4.33. The quantitative estimate of drug-likeness (QED) is 0.788. The van der Waals surface area contributed by atoms with E-state index in [1.165, 1.54) is 32.3 Å². The monoisotopic (exact) mass is 331 g/mol. The molecule has 1 aromatic rings. The first-order valence-corrected chi connectivity index (χ1v) is 7.88. The van der Waals surface area contributed by atoms with Crippen LogP contribution >= 0.6 is 11.6 Å². The zero-order valence-electron chi connectivity index (χ0n) is 11.5. The van der Waals surface area contributed by atoms with E-state index in [4.69, 9.17) is 11.6 Å². The van der Waals surface area contributed by atoms with Crippen LogP contribution in [-0.4, -0.2) is 56.6 Å². The molecule has 2 amide bonds. The number of fused-ring (bicyclic) bond motifs is 1. The van der Waals surface area contributed by atoms with Crippen molar-refractivity contribution in [1.29, 1.82) is 0 Å². The molecule has 0 spiro atoms.